The first-order valence-corrected chi connectivity index (χ1v) is 7.10. The summed E-state index contributed by atoms with van der Waals surface area (Å²) in [5, 5.41) is 8.16. The summed E-state index contributed by atoms with van der Waals surface area (Å²) in [7, 11) is 5.49. The van der Waals surface area contributed by atoms with Crippen LogP contribution in [0.5, 0.6) is 0 Å². The van der Waals surface area contributed by atoms with Gasteiger partial charge in [-0.3, -0.25) is 4.79 Å². The van der Waals surface area contributed by atoms with E-state index in [1.165, 1.54) is 10.8 Å². The summed E-state index contributed by atoms with van der Waals surface area (Å²) in [5.41, 5.74) is 1.97. The van der Waals surface area contributed by atoms with Crippen LogP contribution >= 0.6 is 0 Å². The van der Waals surface area contributed by atoms with E-state index in [1.807, 2.05) is 25.1 Å². The van der Waals surface area contributed by atoms with Gasteiger partial charge in [-0.15, -0.1) is 0 Å². The number of rotatable bonds is 4. The van der Waals surface area contributed by atoms with E-state index in [-0.39, 0.29) is 5.91 Å². The Labute approximate surface area is 133 Å². The number of aromatic nitrogens is 5. The summed E-state index contributed by atoms with van der Waals surface area (Å²) in [5.74, 6) is 0.488. The smallest absolute Gasteiger partial charge is 0.257 e. The van der Waals surface area contributed by atoms with Crippen LogP contribution in [-0.2, 0) is 6.54 Å². The van der Waals surface area contributed by atoms with Gasteiger partial charge in [-0.25, -0.2) is 9.97 Å². The van der Waals surface area contributed by atoms with Crippen LogP contribution in [0.4, 0.5) is 5.95 Å². The molecular formula is C15H17N7O. The molecule has 3 heterocycles. The molecule has 23 heavy (non-hydrogen) atoms. The maximum atomic E-state index is 12.6. The summed E-state index contributed by atoms with van der Waals surface area (Å²) in [4.78, 5) is 24.7. The summed E-state index contributed by atoms with van der Waals surface area (Å²) in [6, 6.07) is 5.39. The molecule has 1 amide bonds. The van der Waals surface area contributed by atoms with Gasteiger partial charge in [0.15, 0.2) is 0 Å². The first kappa shape index (κ1) is 14.9. The maximum absolute atomic E-state index is 12.6. The molecule has 0 N–H and O–H groups in total. The second-order valence-electron chi connectivity index (χ2n) is 5.36. The highest BCUT2D eigenvalue weighted by Crippen LogP contribution is 2.13. The Bertz CT molecular complexity index is 842. The Morgan fingerprint density at radius 2 is 2.00 bits per heavy atom. The van der Waals surface area contributed by atoms with Crippen molar-refractivity contribution in [2.24, 2.45) is 0 Å². The molecule has 0 atom stereocenters. The van der Waals surface area contributed by atoms with Crippen molar-refractivity contribution in [3.05, 3.63) is 48.0 Å². The van der Waals surface area contributed by atoms with E-state index >= 15 is 0 Å². The van der Waals surface area contributed by atoms with Gasteiger partial charge in [0.25, 0.3) is 5.91 Å². The van der Waals surface area contributed by atoms with E-state index in [1.54, 1.807) is 36.5 Å². The molecular weight excluding hydrogens is 294 g/mol. The van der Waals surface area contributed by atoms with Crippen molar-refractivity contribution in [1.29, 1.82) is 0 Å². The fraction of sp³-hybridized carbons (Fsp3) is 0.267. The predicted molar refractivity (Wildman–Crippen MR) is 85.1 cm³/mol. The van der Waals surface area contributed by atoms with Crippen LogP contribution in [0.25, 0.3) is 5.52 Å². The van der Waals surface area contributed by atoms with E-state index in [0.29, 0.717) is 23.6 Å². The minimum absolute atomic E-state index is 0.127. The lowest BCUT2D eigenvalue weighted by molar-refractivity contribution is 0.0785. The van der Waals surface area contributed by atoms with Crippen LogP contribution in [0.2, 0.25) is 0 Å². The normalized spacial score (nSPS) is 10.7. The monoisotopic (exact) mass is 311 g/mol. The Balaban J connectivity index is 1.81. The van der Waals surface area contributed by atoms with Gasteiger partial charge in [0.1, 0.15) is 5.52 Å². The lowest BCUT2D eigenvalue weighted by atomic mass is 10.2. The van der Waals surface area contributed by atoms with Crippen LogP contribution in [0.1, 0.15) is 16.1 Å². The number of hydrogen-bond donors (Lipinski definition) is 0. The third kappa shape index (κ3) is 2.96. The van der Waals surface area contributed by atoms with Crippen LogP contribution < -0.4 is 4.90 Å². The van der Waals surface area contributed by atoms with E-state index in [4.69, 9.17) is 0 Å². The van der Waals surface area contributed by atoms with E-state index < -0.39 is 0 Å². The second-order valence-corrected chi connectivity index (χ2v) is 5.36. The number of amides is 1. The third-order valence-corrected chi connectivity index (χ3v) is 3.38. The van der Waals surface area contributed by atoms with Crippen molar-refractivity contribution in [1.82, 2.24) is 29.7 Å². The molecule has 0 bridgehead atoms. The largest absolute Gasteiger partial charge is 0.347 e. The van der Waals surface area contributed by atoms with Gasteiger partial charge in [0.05, 0.1) is 24.0 Å². The minimum atomic E-state index is -0.127. The lowest BCUT2D eigenvalue weighted by Crippen LogP contribution is -2.27. The highest BCUT2D eigenvalue weighted by Gasteiger charge is 2.18. The topological polar surface area (TPSA) is 79.5 Å². The molecule has 8 heteroatoms. The molecule has 0 aliphatic carbocycles. The number of fused-ring (bicyclic) bond motifs is 1. The maximum Gasteiger partial charge on any atom is 0.257 e. The highest BCUT2D eigenvalue weighted by molar-refractivity contribution is 6.00. The van der Waals surface area contributed by atoms with Gasteiger partial charge in [-0.05, 0) is 18.2 Å². The fourth-order valence-corrected chi connectivity index (χ4v) is 2.21. The van der Waals surface area contributed by atoms with Gasteiger partial charge in [-0.2, -0.15) is 14.8 Å². The summed E-state index contributed by atoms with van der Waals surface area (Å²) < 4.78 is 1.44. The van der Waals surface area contributed by atoms with Gasteiger partial charge < -0.3 is 9.80 Å². The minimum Gasteiger partial charge on any atom is -0.347 e. The molecule has 8 nitrogen and oxygen atoms in total. The van der Waals surface area contributed by atoms with Crippen molar-refractivity contribution in [2.45, 2.75) is 6.54 Å². The number of anilines is 1. The molecule has 118 valence electrons. The molecule has 0 unspecified atom stereocenters. The fourth-order valence-electron chi connectivity index (χ4n) is 2.21. The zero-order chi connectivity index (χ0) is 16.4. The first-order valence-electron chi connectivity index (χ1n) is 7.10. The van der Waals surface area contributed by atoms with E-state index in [0.717, 1.165) is 5.69 Å². The molecule has 0 aromatic carbocycles. The zero-order valence-electron chi connectivity index (χ0n) is 13.2. The Morgan fingerprint density at radius 3 is 2.78 bits per heavy atom. The van der Waals surface area contributed by atoms with Crippen molar-refractivity contribution in [2.75, 3.05) is 26.0 Å². The molecule has 0 aliphatic heterocycles. The van der Waals surface area contributed by atoms with Crippen molar-refractivity contribution in [3.8, 4) is 0 Å². The zero-order valence-corrected chi connectivity index (χ0v) is 13.2. The SMILES string of the molecule is CN(Cc1ccnc(N(C)C)n1)C(=O)c1cnn2ncccc12. The Hall–Kier alpha value is -3.03. The van der Waals surface area contributed by atoms with Gasteiger partial charge in [0, 0.05) is 33.5 Å². The van der Waals surface area contributed by atoms with Crippen molar-refractivity contribution < 1.29 is 4.79 Å². The molecule has 3 aromatic rings. The molecule has 3 rings (SSSR count). The number of carbonyl (C=O) groups excluding carboxylic acids is 1. The quantitative estimate of drug-likeness (QED) is 0.711. The second kappa shape index (κ2) is 5.99. The van der Waals surface area contributed by atoms with E-state index in [9.17, 15) is 4.79 Å². The van der Waals surface area contributed by atoms with Crippen molar-refractivity contribution >= 4 is 17.4 Å². The molecule has 0 saturated heterocycles. The standard InChI is InChI=1S/C15H17N7O/c1-20(2)15-16-8-6-11(19-15)10-21(3)14(23)12-9-18-22-13(12)5-4-7-17-22/h4-9H,10H2,1-3H3. The number of carbonyl (C=O) groups is 1. The van der Waals surface area contributed by atoms with E-state index in [2.05, 4.69) is 20.2 Å². The number of nitrogens with zero attached hydrogens (tertiary/aromatic N) is 7. The predicted octanol–water partition coefficient (Wildman–Crippen LogP) is 0.857. The third-order valence-electron chi connectivity index (χ3n) is 3.38. The highest BCUT2D eigenvalue weighted by atomic mass is 16.2. The van der Waals surface area contributed by atoms with Gasteiger partial charge >= 0.3 is 0 Å². The summed E-state index contributed by atoms with van der Waals surface area (Å²) in [6.45, 7) is 0.389. The average molecular weight is 311 g/mol. The summed E-state index contributed by atoms with van der Waals surface area (Å²) >= 11 is 0. The van der Waals surface area contributed by atoms with Crippen LogP contribution in [-0.4, -0.2) is 56.7 Å². The molecule has 3 aromatic heterocycles. The Morgan fingerprint density at radius 1 is 1.17 bits per heavy atom. The molecule has 0 fully saturated rings. The number of hydrogen-bond acceptors (Lipinski definition) is 6. The van der Waals surface area contributed by atoms with Crippen LogP contribution in [0, 0.1) is 0 Å². The summed E-state index contributed by atoms with van der Waals surface area (Å²) in [6.07, 6.45) is 4.85. The molecule has 0 spiro atoms. The first-order chi connectivity index (χ1) is 11.1. The molecule has 0 aliphatic rings. The van der Waals surface area contributed by atoms with Crippen LogP contribution in [0.3, 0.4) is 0 Å². The Kier molecular flexibility index (Phi) is 3.88. The molecule has 0 radical (unpaired) electrons. The molecule has 0 saturated carbocycles. The lowest BCUT2D eigenvalue weighted by Gasteiger charge is -2.17. The average Bonchev–Trinajstić information content (AvgIpc) is 2.98. The van der Waals surface area contributed by atoms with Crippen molar-refractivity contribution in [3.63, 3.8) is 0 Å². The van der Waals surface area contributed by atoms with Crippen LogP contribution in [0.15, 0.2) is 36.8 Å². The van der Waals surface area contributed by atoms with Gasteiger partial charge in [-0.1, -0.05) is 0 Å². The van der Waals surface area contributed by atoms with Gasteiger partial charge in [0.2, 0.25) is 5.95 Å².